The Balaban J connectivity index is 0.000000853. The van der Waals surface area contributed by atoms with Gasteiger partial charge in [0.1, 0.15) is 0 Å². The number of hydrogen-bond acceptors (Lipinski definition) is 3. The van der Waals surface area contributed by atoms with E-state index in [0.717, 1.165) is 16.6 Å². The molecule has 0 bridgehead atoms. The Kier molecular flexibility index (Phi) is 3.05. The van der Waals surface area contributed by atoms with Gasteiger partial charge in [0.15, 0.2) is 5.13 Å². The summed E-state index contributed by atoms with van der Waals surface area (Å²) in [6.07, 6.45) is 0.971. The zero-order valence-electron chi connectivity index (χ0n) is 7.66. The van der Waals surface area contributed by atoms with Crippen molar-refractivity contribution in [3.05, 3.63) is 33.1 Å². The number of anilines is 1. The normalized spacial score (nSPS) is 11.8. The molecule has 2 N–H and O–H groups in total. The van der Waals surface area contributed by atoms with Crippen LogP contribution < -0.4 is 5.73 Å². The van der Waals surface area contributed by atoms with Crippen molar-refractivity contribution in [1.82, 2.24) is 4.98 Å². The molecule has 0 saturated carbocycles. The molecule has 2 aromatic rings. The van der Waals surface area contributed by atoms with Crippen LogP contribution in [-0.2, 0) is 6.42 Å². The lowest BCUT2D eigenvalue weighted by Gasteiger charge is -1.98. The summed E-state index contributed by atoms with van der Waals surface area (Å²) in [5.41, 5.74) is 9.33. The van der Waals surface area contributed by atoms with Gasteiger partial charge in [-0.3, -0.25) is 0 Å². The van der Waals surface area contributed by atoms with Crippen molar-refractivity contribution >= 4 is 56.4 Å². The van der Waals surface area contributed by atoms with Gasteiger partial charge in [0.05, 0.1) is 5.69 Å². The van der Waals surface area contributed by atoms with E-state index in [-0.39, 0.29) is 24.0 Å². The first-order valence-electron chi connectivity index (χ1n) is 4.28. The topological polar surface area (TPSA) is 38.9 Å². The molecule has 5 heteroatoms. The number of nitrogens with zero attached hydrogens (tertiary/aromatic N) is 1. The highest BCUT2D eigenvalue weighted by atomic mass is 127. The SMILES string of the molecule is I.Nc1nc2c(s1)Cc1cc(Br)ccc1-2. The Morgan fingerprint density at radius 3 is 3.00 bits per heavy atom. The molecule has 0 fully saturated rings. The predicted octanol–water partition coefficient (Wildman–Crippen LogP) is 3.68. The molecule has 1 aromatic carbocycles. The van der Waals surface area contributed by atoms with Crippen LogP contribution in [0.5, 0.6) is 0 Å². The summed E-state index contributed by atoms with van der Waals surface area (Å²) in [6, 6.07) is 6.30. The van der Waals surface area contributed by atoms with Gasteiger partial charge in [-0.05, 0) is 17.7 Å². The summed E-state index contributed by atoms with van der Waals surface area (Å²) >= 11 is 5.06. The molecule has 0 radical (unpaired) electrons. The number of hydrogen-bond donors (Lipinski definition) is 1. The average Bonchev–Trinajstić information content (AvgIpc) is 2.59. The van der Waals surface area contributed by atoms with E-state index in [1.807, 2.05) is 6.07 Å². The van der Waals surface area contributed by atoms with Gasteiger partial charge in [-0.2, -0.15) is 0 Å². The molecule has 0 amide bonds. The lowest BCUT2D eigenvalue weighted by atomic mass is 10.1. The number of halogens is 2. The van der Waals surface area contributed by atoms with Gasteiger partial charge >= 0.3 is 0 Å². The summed E-state index contributed by atoms with van der Waals surface area (Å²) in [4.78, 5) is 5.63. The van der Waals surface area contributed by atoms with Crippen LogP contribution in [0.4, 0.5) is 5.13 Å². The third-order valence-corrected chi connectivity index (χ3v) is 3.77. The van der Waals surface area contributed by atoms with Crippen LogP contribution in [0.25, 0.3) is 11.3 Å². The van der Waals surface area contributed by atoms with E-state index in [1.54, 1.807) is 11.3 Å². The highest BCUT2D eigenvalue weighted by molar-refractivity contribution is 14.0. The Morgan fingerprint density at radius 2 is 2.20 bits per heavy atom. The molecule has 1 aliphatic carbocycles. The number of nitrogen functional groups attached to an aromatic ring is 1. The fourth-order valence-corrected chi connectivity index (χ4v) is 3.09. The molecule has 15 heavy (non-hydrogen) atoms. The standard InChI is InChI=1S/C10H7BrN2S.HI/c11-6-1-2-7-5(3-6)4-8-9(7)13-10(12)14-8;/h1-3H,4H2,(H2,12,13);1H. The molecule has 0 unspecified atom stereocenters. The van der Waals surface area contributed by atoms with E-state index in [9.17, 15) is 0 Å². The number of thiazole rings is 1. The number of benzene rings is 1. The highest BCUT2D eigenvalue weighted by Gasteiger charge is 2.22. The van der Waals surface area contributed by atoms with Crippen molar-refractivity contribution in [3.8, 4) is 11.3 Å². The van der Waals surface area contributed by atoms with E-state index in [1.165, 1.54) is 16.0 Å². The predicted molar refractivity (Wildman–Crippen MR) is 77.9 cm³/mol. The minimum atomic E-state index is 0. The number of fused-ring (bicyclic) bond motifs is 3. The first-order valence-corrected chi connectivity index (χ1v) is 5.89. The lowest BCUT2D eigenvalue weighted by molar-refractivity contribution is 1.30. The Labute approximate surface area is 117 Å². The van der Waals surface area contributed by atoms with Crippen LogP contribution in [0.3, 0.4) is 0 Å². The Morgan fingerprint density at radius 1 is 1.40 bits per heavy atom. The lowest BCUT2D eigenvalue weighted by Crippen LogP contribution is -1.84. The number of nitrogens with two attached hydrogens (primary N) is 1. The Hall–Kier alpha value is -0.140. The van der Waals surface area contributed by atoms with Crippen LogP contribution in [0.15, 0.2) is 22.7 Å². The second-order valence-electron chi connectivity index (χ2n) is 3.30. The van der Waals surface area contributed by atoms with Crippen molar-refractivity contribution in [2.45, 2.75) is 6.42 Å². The maximum Gasteiger partial charge on any atom is 0.180 e. The maximum atomic E-state index is 5.67. The second kappa shape index (κ2) is 4.03. The minimum absolute atomic E-state index is 0. The van der Waals surface area contributed by atoms with Crippen molar-refractivity contribution < 1.29 is 0 Å². The monoisotopic (exact) mass is 394 g/mol. The van der Waals surface area contributed by atoms with E-state index in [2.05, 4.69) is 33.0 Å². The zero-order valence-corrected chi connectivity index (χ0v) is 12.4. The number of rotatable bonds is 0. The average molecular weight is 395 g/mol. The third-order valence-electron chi connectivity index (χ3n) is 2.39. The third kappa shape index (κ3) is 1.81. The van der Waals surface area contributed by atoms with Crippen molar-refractivity contribution in [2.75, 3.05) is 5.73 Å². The zero-order chi connectivity index (χ0) is 9.71. The van der Waals surface area contributed by atoms with Gasteiger partial charge in [-0.25, -0.2) is 4.98 Å². The van der Waals surface area contributed by atoms with E-state index in [4.69, 9.17) is 5.73 Å². The maximum absolute atomic E-state index is 5.67. The molecule has 0 spiro atoms. The van der Waals surface area contributed by atoms with Gasteiger partial charge in [0.2, 0.25) is 0 Å². The number of aromatic nitrogens is 1. The van der Waals surface area contributed by atoms with Gasteiger partial charge < -0.3 is 5.73 Å². The highest BCUT2D eigenvalue weighted by Crippen LogP contribution is 2.40. The summed E-state index contributed by atoms with van der Waals surface area (Å²) < 4.78 is 1.12. The Bertz CT molecular complexity index is 524. The molecule has 0 atom stereocenters. The quantitative estimate of drug-likeness (QED) is 0.590. The molecule has 0 saturated heterocycles. The molecule has 3 rings (SSSR count). The molecule has 1 heterocycles. The van der Waals surface area contributed by atoms with Gasteiger partial charge in [0.25, 0.3) is 0 Å². The molecule has 1 aliphatic rings. The molecule has 1 aromatic heterocycles. The molecule has 78 valence electrons. The van der Waals surface area contributed by atoms with Crippen LogP contribution in [0.2, 0.25) is 0 Å². The fraction of sp³-hybridized carbons (Fsp3) is 0.100. The molecular formula is C10H8BrIN2S. The fourth-order valence-electron chi connectivity index (χ4n) is 1.81. The van der Waals surface area contributed by atoms with Crippen molar-refractivity contribution in [3.63, 3.8) is 0 Å². The second-order valence-corrected chi connectivity index (χ2v) is 5.33. The first-order chi connectivity index (χ1) is 6.74. The van der Waals surface area contributed by atoms with Gasteiger partial charge in [-0.1, -0.05) is 22.0 Å². The largest absolute Gasteiger partial charge is 0.375 e. The van der Waals surface area contributed by atoms with Crippen molar-refractivity contribution in [1.29, 1.82) is 0 Å². The molecule has 0 aliphatic heterocycles. The van der Waals surface area contributed by atoms with Crippen LogP contribution in [-0.4, -0.2) is 4.98 Å². The summed E-state index contributed by atoms with van der Waals surface area (Å²) in [5, 5.41) is 0.670. The van der Waals surface area contributed by atoms with Crippen LogP contribution in [0, 0.1) is 0 Å². The van der Waals surface area contributed by atoms with Crippen LogP contribution >= 0.6 is 51.2 Å². The smallest absolute Gasteiger partial charge is 0.180 e. The summed E-state index contributed by atoms with van der Waals surface area (Å²) in [7, 11) is 0. The van der Waals surface area contributed by atoms with Gasteiger partial charge in [-0.15, -0.1) is 35.3 Å². The van der Waals surface area contributed by atoms with E-state index in [0.29, 0.717) is 5.13 Å². The van der Waals surface area contributed by atoms with Crippen molar-refractivity contribution in [2.24, 2.45) is 0 Å². The molecular weight excluding hydrogens is 387 g/mol. The minimum Gasteiger partial charge on any atom is -0.375 e. The van der Waals surface area contributed by atoms with Crippen LogP contribution in [0.1, 0.15) is 10.4 Å². The summed E-state index contributed by atoms with van der Waals surface area (Å²) in [5.74, 6) is 0. The first kappa shape index (κ1) is 11.3. The van der Waals surface area contributed by atoms with Gasteiger partial charge in [0, 0.05) is 21.3 Å². The summed E-state index contributed by atoms with van der Waals surface area (Å²) in [6.45, 7) is 0. The molecule has 2 nitrogen and oxygen atoms in total. The van der Waals surface area contributed by atoms with E-state index < -0.39 is 0 Å². The van der Waals surface area contributed by atoms with E-state index >= 15 is 0 Å².